The normalized spacial score (nSPS) is 12.1. The van der Waals surface area contributed by atoms with E-state index in [0.717, 1.165) is 28.8 Å². The van der Waals surface area contributed by atoms with Gasteiger partial charge in [-0.25, -0.2) is 4.98 Å². The Balaban J connectivity index is 1.51. The number of amides is 1. The van der Waals surface area contributed by atoms with Gasteiger partial charge in [0.2, 0.25) is 5.91 Å². The minimum Gasteiger partial charge on any atom is -0.309 e. The summed E-state index contributed by atoms with van der Waals surface area (Å²) in [7, 11) is 1.80. The number of nitriles is 1. The smallest absolute Gasteiger partial charge is 0.309 e. The van der Waals surface area contributed by atoms with Crippen LogP contribution in [0.25, 0.3) is 11.1 Å². The van der Waals surface area contributed by atoms with Crippen molar-refractivity contribution in [3.8, 4) is 17.2 Å². The van der Waals surface area contributed by atoms with E-state index in [2.05, 4.69) is 20.7 Å². The maximum absolute atomic E-state index is 13.3. The molecule has 2 N–H and O–H groups in total. The molecule has 0 bridgehead atoms. The molecule has 4 rings (SSSR count). The second-order valence-electron chi connectivity index (χ2n) is 8.39. The Bertz CT molecular complexity index is 1410. The van der Waals surface area contributed by atoms with Crippen molar-refractivity contribution in [1.82, 2.24) is 20.1 Å². The van der Waals surface area contributed by atoms with Crippen LogP contribution in [0.4, 0.5) is 19.0 Å². The number of hydrogen-bond acceptors (Lipinski definition) is 5. The first-order valence-electron chi connectivity index (χ1n) is 11.4. The summed E-state index contributed by atoms with van der Waals surface area (Å²) in [6.07, 6.45) is 1.08. The molecule has 0 aliphatic carbocycles. The molecule has 1 atom stereocenters. The minimum atomic E-state index is -4.54. The maximum Gasteiger partial charge on any atom is 0.416 e. The third-order valence-electron chi connectivity index (χ3n) is 5.71. The molecule has 188 valence electrons. The lowest BCUT2D eigenvalue weighted by molar-refractivity contribution is -0.137. The van der Waals surface area contributed by atoms with Crippen LogP contribution in [0.15, 0.2) is 79.3 Å². The summed E-state index contributed by atoms with van der Waals surface area (Å²) in [6, 6.07) is 16.1. The van der Waals surface area contributed by atoms with E-state index < -0.39 is 23.7 Å². The van der Waals surface area contributed by atoms with Crippen molar-refractivity contribution >= 4 is 11.7 Å². The van der Waals surface area contributed by atoms with Gasteiger partial charge in [-0.2, -0.15) is 23.5 Å². The lowest BCUT2D eigenvalue weighted by atomic mass is 10.0. The average molecular weight is 505 g/mol. The van der Waals surface area contributed by atoms with Crippen molar-refractivity contribution in [2.75, 3.05) is 11.9 Å². The van der Waals surface area contributed by atoms with E-state index in [9.17, 15) is 18.0 Å². The predicted octanol–water partition coefficient (Wildman–Crippen LogP) is 4.88. The Hall–Kier alpha value is -4.49. The van der Waals surface area contributed by atoms with E-state index in [0.29, 0.717) is 18.5 Å². The van der Waals surface area contributed by atoms with Gasteiger partial charge < -0.3 is 10.6 Å². The van der Waals surface area contributed by atoms with Gasteiger partial charge in [0.1, 0.15) is 11.9 Å². The first-order valence-corrected chi connectivity index (χ1v) is 11.4. The Morgan fingerprint density at radius 1 is 1.08 bits per heavy atom. The Labute approximate surface area is 211 Å². The summed E-state index contributed by atoms with van der Waals surface area (Å²) in [6.45, 7) is 0.313. The van der Waals surface area contributed by atoms with Crippen molar-refractivity contribution < 1.29 is 18.0 Å². The van der Waals surface area contributed by atoms with Gasteiger partial charge in [0.05, 0.1) is 23.4 Å². The van der Waals surface area contributed by atoms with E-state index in [1.165, 1.54) is 12.1 Å². The number of nitrogens with zero attached hydrogens (tertiary/aromatic N) is 4. The molecule has 2 aromatic heterocycles. The van der Waals surface area contributed by atoms with Gasteiger partial charge in [-0.1, -0.05) is 24.3 Å². The highest BCUT2D eigenvalue weighted by Crippen LogP contribution is 2.31. The van der Waals surface area contributed by atoms with Crippen molar-refractivity contribution in [3.05, 3.63) is 102 Å². The lowest BCUT2D eigenvalue weighted by Crippen LogP contribution is -2.34. The number of aromatic nitrogens is 3. The van der Waals surface area contributed by atoms with Crippen molar-refractivity contribution in [3.63, 3.8) is 0 Å². The number of pyridine rings is 1. The second-order valence-corrected chi connectivity index (χ2v) is 8.39. The SMILES string of the molecule is Cn1cc(-c2ccc(NC(=O)[C@H](NCCc3ccc(C#N)cc3)c3cccc(C(F)(F)F)c3)nc2)cn1. The summed E-state index contributed by atoms with van der Waals surface area (Å²) in [5, 5.41) is 18.8. The Morgan fingerprint density at radius 2 is 1.86 bits per heavy atom. The number of aryl methyl sites for hydroxylation is 1. The van der Waals surface area contributed by atoms with Gasteiger partial charge in [-0.3, -0.25) is 9.48 Å². The molecule has 0 fully saturated rings. The summed E-state index contributed by atoms with van der Waals surface area (Å²) in [5.41, 5.74) is 2.46. The molecule has 7 nitrogen and oxygen atoms in total. The van der Waals surface area contributed by atoms with Crippen LogP contribution in [0, 0.1) is 11.3 Å². The maximum atomic E-state index is 13.3. The third kappa shape index (κ3) is 6.59. The molecule has 0 saturated heterocycles. The molecule has 0 aliphatic rings. The lowest BCUT2D eigenvalue weighted by Gasteiger charge is -2.20. The largest absolute Gasteiger partial charge is 0.416 e. The highest BCUT2D eigenvalue weighted by atomic mass is 19.4. The molecule has 0 aliphatic heterocycles. The standard InChI is InChI=1S/C27H23F3N6O/c1-36-17-22(16-34-36)21-9-10-24(33-15-21)35-26(37)25(20-3-2-4-23(13-20)27(28,29)30)32-12-11-18-5-7-19(14-31)8-6-18/h2-10,13,15-17,25,32H,11-12H2,1H3,(H,33,35,37)/t25-/m1/s1. The van der Waals surface area contributed by atoms with E-state index >= 15 is 0 Å². The molecule has 0 radical (unpaired) electrons. The molecule has 37 heavy (non-hydrogen) atoms. The monoisotopic (exact) mass is 504 g/mol. The topological polar surface area (TPSA) is 95.6 Å². The first-order chi connectivity index (χ1) is 17.7. The van der Waals surface area contributed by atoms with Gasteiger partial charge in [-0.05, 0) is 53.9 Å². The molecule has 4 aromatic rings. The van der Waals surface area contributed by atoms with Crippen LogP contribution < -0.4 is 10.6 Å². The van der Waals surface area contributed by atoms with Crippen molar-refractivity contribution in [2.45, 2.75) is 18.6 Å². The van der Waals surface area contributed by atoms with Crippen LogP contribution in [0.1, 0.15) is 28.3 Å². The predicted molar refractivity (Wildman–Crippen MR) is 132 cm³/mol. The highest BCUT2D eigenvalue weighted by Gasteiger charge is 2.32. The summed E-state index contributed by atoms with van der Waals surface area (Å²) < 4.78 is 41.7. The second kappa shape index (κ2) is 11.1. The van der Waals surface area contributed by atoms with Gasteiger partial charge >= 0.3 is 6.18 Å². The Kier molecular flexibility index (Phi) is 7.65. The van der Waals surface area contributed by atoms with Crippen LogP contribution in [-0.4, -0.2) is 27.2 Å². The zero-order chi connectivity index (χ0) is 26.4. The summed E-state index contributed by atoms with van der Waals surface area (Å²) in [5.74, 6) is -0.274. The number of anilines is 1. The third-order valence-corrected chi connectivity index (χ3v) is 5.71. The molecular formula is C27H23F3N6O. The van der Waals surface area contributed by atoms with Crippen LogP contribution in [0.5, 0.6) is 0 Å². The molecule has 0 saturated carbocycles. The number of benzene rings is 2. The number of nitrogens with one attached hydrogen (secondary N) is 2. The molecule has 10 heteroatoms. The van der Waals surface area contributed by atoms with Crippen LogP contribution in [-0.2, 0) is 24.4 Å². The molecule has 0 spiro atoms. The summed E-state index contributed by atoms with van der Waals surface area (Å²) in [4.78, 5) is 17.5. The van der Waals surface area contributed by atoms with Crippen LogP contribution in [0.2, 0.25) is 0 Å². The number of alkyl halides is 3. The Morgan fingerprint density at radius 3 is 2.49 bits per heavy atom. The van der Waals surface area contributed by atoms with Gasteiger partial charge in [0.25, 0.3) is 0 Å². The number of halogens is 3. The average Bonchev–Trinajstić information content (AvgIpc) is 3.33. The van der Waals surface area contributed by atoms with Crippen molar-refractivity contribution in [1.29, 1.82) is 5.26 Å². The first kappa shape index (κ1) is 25.6. The van der Waals surface area contributed by atoms with Gasteiger partial charge in [0, 0.05) is 37.1 Å². The van der Waals surface area contributed by atoms with E-state index in [1.54, 1.807) is 60.5 Å². The number of carbonyl (C=O) groups is 1. The molecule has 2 aromatic carbocycles. The molecule has 2 heterocycles. The van der Waals surface area contributed by atoms with Gasteiger partial charge in [0.15, 0.2) is 0 Å². The summed E-state index contributed by atoms with van der Waals surface area (Å²) >= 11 is 0. The zero-order valence-electron chi connectivity index (χ0n) is 19.8. The van der Waals surface area contributed by atoms with E-state index in [4.69, 9.17) is 5.26 Å². The zero-order valence-corrected chi connectivity index (χ0v) is 19.8. The fourth-order valence-electron chi connectivity index (χ4n) is 3.77. The van der Waals surface area contributed by atoms with E-state index in [1.807, 2.05) is 12.3 Å². The number of rotatable bonds is 8. The molecule has 1 amide bonds. The fourth-order valence-corrected chi connectivity index (χ4v) is 3.77. The van der Waals surface area contributed by atoms with Crippen LogP contribution >= 0.6 is 0 Å². The van der Waals surface area contributed by atoms with E-state index in [-0.39, 0.29) is 11.4 Å². The fraction of sp³-hybridized carbons (Fsp3) is 0.185. The quantitative estimate of drug-likeness (QED) is 0.357. The minimum absolute atomic E-state index is 0.180. The van der Waals surface area contributed by atoms with Crippen molar-refractivity contribution in [2.24, 2.45) is 7.05 Å². The molecule has 0 unspecified atom stereocenters. The molecular weight excluding hydrogens is 481 g/mol. The van der Waals surface area contributed by atoms with Gasteiger partial charge in [-0.15, -0.1) is 0 Å². The van der Waals surface area contributed by atoms with Crippen LogP contribution in [0.3, 0.4) is 0 Å². The number of carbonyl (C=O) groups excluding carboxylic acids is 1. The highest BCUT2D eigenvalue weighted by molar-refractivity contribution is 5.95. The number of hydrogen-bond donors (Lipinski definition) is 2.